The molecule has 1 aliphatic rings. The van der Waals surface area contributed by atoms with Crippen molar-refractivity contribution < 1.29 is 4.74 Å². The molecule has 1 fully saturated rings. The Balaban J connectivity index is 1.79. The lowest BCUT2D eigenvalue weighted by Crippen LogP contribution is -2.47. The fourth-order valence-corrected chi connectivity index (χ4v) is 3.17. The Bertz CT molecular complexity index is 605. The highest BCUT2D eigenvalue weighted by molar-refractivity contribution is 5.83. The number of morpholine rings is 1. The van der Waals surface area contributed by atoms with E-state index in [1.54, 1.807) is 0 Å². The highest BCUT2D eigenvalue weighted by Crippen LogP contribution is 2.21. The van der Waals surface area contributed by atoms with Crippen molar-refractivity contribution in [3.05, 3.63) is 36.0 Å². The quantitative estimate of drug-likeness (QED) is 0.937. The lowest BCUT2D eigenvalue weighted by molar-refractivity contribution is -0.0451. The summed E-state index contributed by atoms with van der Waals surface area (Å²) in [6.07, 6.45) is 2.42. The zero-order valence-electron chi connectivity index (χ0n) is 13.0. The second-order valence-corrected chi connectivity index (χ2v) is 6.10. The number of aromatic nitrogens is 1. The zero-order valence-corrected chi connectivity index (χ0v) is 13.0. The zero-order chi connectivity index (χ0) is 14.8. The molecule has 0 saturated carbocycles. The first-order chi connectivity index (χ1) is 10.2. The van der Waals surface area contributed by atoms with Gasteiger partial charge in [-0.1, -0.05) is 12.1 Å². The van der Waals surface area contributed by atoms with Gasteiger partial charge in [-0.3, -0.25) is 4.90 Å². The second kappa shape index (κ2) is 6.18. The van der Waals surface area contributed by atoms with Crippen molar-refractivity contribution in [3.63, 3.8) is 0 Å². The molecule has 2 heterocycles. The Morgan fingerprint density at radius 2 is 2.19 bits per heavy atom. The molecular weight excluding hydrogens is 262 g/mol. The molecule has 1 aromatic heterocycles. The first-order valence-electron chi connectivity index (χ1n) is 7.81. The van der Waals surface area contributed by atoms with Gasteiger partial charge in [-0.15, -0.1) is 0 Å². The van der Waals surface area contributed by atoms with Gasteiger partial charge >= 0.3 is 0 Å². The molecule has 4 nitrogen and oxygen atoms in total. The van der Waals surface area contributed by atoms with Crippen molar-refractivity contribution in [2.45, 2.75) is 39.1 Å². The van der Waals surface area contributed by atoms with Crippen LogP contribution in [0, 0.1) is 0 Å². The normalized spacial score (nSPS) is 20.5. The highest BCUT2D eigenvalue weighted by atomic mass is 16.5. The SMILES string of the molecule is CC(C)N1CCOC(Cn2ccc3c(CN)cccc32)C1. The first kappa shape index (κ1) is 14.6. The summed E-state index contributed by atoms with van der Waals surface area (Å²) in [5, 5.41) is 1.26. The Hall–Kier alpha value is -1.36. The minimum atomic E-state index is 0.262. The van der Waals surface area contributed by atoms with E-state index in [2.05, 4.69) is 53.8 Å². The standard InChI is InChI=1S/C17H25N3O/c1-13(2)19-8-9-21-15(11-19)12-20-7-6-16-14(10-18)4-3-5-17(16)20/h3-7,13,15H,8-12,18H2,1-2H3. The van der Waals surface area contributed by atoms with Gasteiger partial charge in [0.15, 0.2) is 0 Å². The van der Waals surface area contributed by atoms with Gasteiger partial charge in [0, 0.05) is 42.8 Å². The van der Waals surface area contributed by atoms with Crippen LogP contribution in [0.1, 0.15) is 19.4 Å². The molecule has 2 aromatic rings. The number of fused-ring (bicyclic) bond motifs is 1. The molecule has 1 aliphatic heterocycles. The summed E-state index contributed by atoms with van der Waals surface area (Å²) in [5.41, 5.74) is 8.28. The number of hydrogen-bond donors (Lipinski definition) is 1. The van der Waals surface area contributed by atoms with Gasteiger partial charge in [0.05, 0.1) is 19.3 Å². The predicted molar refractivity (Wildman–Crippen MR) is 86.3 cm³/mol. The van der Waals surface area contributed by atoms with Crippen molar-refractivity contribution in [2.75, 3.05) is 19.7 Å². The molecular formula is C17H25N3O. The second-order valence-electron chi connectivity index (χ2n) is 6.10. The van der Waals surface area contributed by atoms with Crippen LogP contribution in [-0.4, -0.2) is 41.3 Å². The summed E-state index contributed by atoms with van der Waals surface area (Å²) in [7, 11) is 0. The van der Waals surface area contributed by atoms with Crippen LogP contribution in [0.15, 0.2) is 30.5 Å². The Morgan fingerprint density at radius 3 is 2.95 bits per heavy atom. The van der Waals surface area contributed by atoms with E-state index >= 15 is 0 Å². The molecule has 1 saturated heterocycles. The summed E-state index contributed by atoms with van der Waals surface area (Å²) < 4.78 is 8.24. The van der Waals surface area contributed by atoms with E-state index in [-0.39, 0.29) is 6.10 Å². The summed E-state index contributed by atoms with van der Waals surface area (Å²) >= 11 is 0. The average Bonchev–Trinajstić information content (AvgIpc) is 2.90. The molecule has 0 spiro atoms. The molecule has 114 valence electrons. The molecule has 3 rings (SSSR count). The minimum absolute atomic E-state index is 0.262. The van der Waals surface area contributed by atoms with E-state index in [4.69, 9.17) is 10.5 Å². The average molecular weight is 287 g/mol. The third-order valence-corrected chi connectivity index (χ3v) is 4.42. The van der Waals surface area contributed by atoms with Crippen LogP contribution < -0.4 is 5.73 Å². The third kappa shape index (κ3) is 2.98. The maximum absolute atomic E-state index is 5.95. The van der Waals surface area contributed by atoms with Crippen molar-refractivity contribution in [3.8, 4) is 0 Å². The maximum Gasteiger partial charge on any atom is 0.0881 e. The van der Waals surface area contributed by atoms with Gasteiger partial charge in [-0.05, 0) is 31.5 Å². The maximum atomic E-state index is 5.95. The fourth-order valence-electron chi connectivity index (χ4n) is 3.17. The van der Waals surface area contributed by atoms with Crippen LogP contribution >= 0.6 is 0 Å². The smallest absolute Gasteiger partial charge is 0.0881 e. The van der Waals surface area contributed by atoms with Crippen molar-refractivity contribution in [1.29, 1.82) is 0 Å². The van der Waals surface area contributed by atoms with Crippen LogP contribution in [0.5, 0.6) is 0 Å². The lowest BCUT2D eigenvalue weighted by Gasteiger charge is -2.35. The minimum Gasteiger partial charge on any atom is -0.374 e. The van der Waals surface area contributed by atoms with E-state index in [1.807, 2.05) is 0 Å². The van der Waals surface area contributed by atoms with E-state index in [9.17, 15) is 0 Å². The summed E-state index contributed by atoms with van der Waals surface area (Å²) in [5.74, 6) is 0. The highest BCUT2D eigenvalue weighted by Gasteiger charge is 2.22. The fraction of sp³-hybridized carbons (Fsp3) is 0.529. The molecule has 2 N–H and O–H groups in total. The largest absolute Gasteiger partial charge is 0.374 e. The molecule has 4 heteroatoms. The number of benzene rings is 1. The molecule has 0 bridgehead atoms. The van der Waals surface area contributed by atoms with Gasteiger partial charge < -0.3 is 15.0 Å². The van der Waals surface area contributed by atoms with E-state index in [0.717, 1.165) is 26.2 Å². The molecule has 1 atom stereocenters. The van der Waals surface area contributed by atoms with Crippen LogP contribution in [-0.2, 0) is 17.8 Å². The number of nitrogens with two attached hydrogens (primary N) is 1. The van der Waals surface area contributed by atoms with E-state index in [1.165, 1.54) is 16.5 Å². The molecule has 0 radical (unpaired) electrons. The Morgan fingerprint density at radius 1 is 1.33 bits per heavy atom. The monoisotopic (exact) mass is 287 g/mol. The summed E-state index contributed by atoms with van der Waals surface area (Å²) in [6, 6.07) is 9.10. The molecule has 0 aliphatic carbocycles. The van der Waals surface area contributed by atoms with Crippen molar-refractivity contribution in [1.82, 2.24) is 9.47 Å². The van der Waals surface area contributed by atoms with Gasteiger partial charge in [-0.25, -0.2) is 0 Å². The molecule has 1 aromatic carbocycles. The number of rotatable bonds is 4. The first-order valence-corrected chi connectivity index (χ1v) is 7.81. The van der Waals surface area contributed by atoms with Gasteiger partial charge in [0.1, 0.15) is 0 Å². The van der Waals surface area contributed by atoms with E-state index in [0.29, 0.717) is 12.6 Å². The molecule has 0 amide bonds. The number of hydrogen-bond acceptors (Lipinski definition) is 3. The number of ether oxygens (including phenoxy) is 1. The Kier molecular flexibility index (Phi) is 4.29. The van der Waals surface area contributed by atoms with Crippen molar-refractivity contribution in [2.24, 2.45) is 5.73 Å². The third-order valence-electron chi connectivity index (χ3n) is 4.42. The van der Waals surface area contributed by atoms with Gasteiger partial charge in [-0.2, -0.15) is 0 Å². The van der Waals surface area contributed by atoms with Crippen molar-refractivity contribution >= 4 is 10.9 Å². The number of nitrogens with zero attached hydrogens (tertiary/aromatic N) is 2. The van der Waals surface area contributed by atoms with Crippen LogP contribution in [0.3, 0.4) is 0 Å². The van der Waals surface area contributed by atoms with Crippen LogP contribution in [0.4, 0.5) is 0 Å². The molecule has 21 heavy (non-hydrogen) atoms. The van der Waals surface area contributed by atoms with E-state index < -0.39 is 0 Å². The van der Waals surface area contributed by atoms with Crippen LogP contribution in [0.25, 0.3) is 10.9 Å². The Labute approximate surface area is 126 Å². The summed E-state index contributed by atoms with van der Waals surface area (Å²) in [6.45, 7) is 8.87. The van der Waals surface area contributed by atoms with Gasteiger partial charge in [0.25, 0.3) is 0 Å². The molecule has 1 unspecified atom stereocenters. The lowest BCUT2D eigenvalue weighted by atomic mass is 10.1. The predicted octanol–water partition coefficient (Wildman–Crippen LogP) is 2.21. The van der Waals surface area contributed by atoms with Crippen LogP contribution in [0.2, 0.25) is 0 Å². The topological polar surface area (TPSA) is 43.4 Å². The van der Waals surface area contributed by atoms with Gasteiger partial charge in [0.2, 0.25) is 0 Å². The summed E-state index contributed by atoms with van der Waals surface area (Å²) in [4.78, 5) is 2.49.